The van der Waals surface area contributed by atoms with E-state index in [0.29, 0.717) is 18.3 Å². The number of aromatic nitrogens is 2. The van der Waals surface area contributed by atoms with Crippen molar-refractivity contribution in [3.05, 3.63) is 94.1 Å². The number of carbonyl (C=O) groups excluding carboxylic acids is 1. The molecule has 2 aromatic carbocycles. The molecule has 34 heavy (non-hydrogen) atoms. The summed E-state index contributed by atoms with van der Waals surface area (Å²) in [7, 11) is 1.63. The lowest BCUT2D eigenvalue weighted by Crippen LogP contribution is -2.46. The van der Waals surface area contributed by atoms with Crippen LogP contribution in [0.4, 0.5) is 4.79 Å². The molecule has 0 bridgehead atoms. The van der Waals surface area contributed by atoms with Crippen molar-refractivity contribution in [1.82, 2.24) is 20.4 Å². The summed E-state index contributed by atoms with van der Waals surface area (Å²) in [5.41, 5.74) is 3.37. The molecule has 1 unspecified atom stereocenters. The Labute approximate surface area is 201 Å². The summed E-state index contributed by atoms with van der Waals surface area (Å²) in [5, 5.41) is 9.41. The van der Waals surface area contributed by atoms with E-state index < -0.39 is 6.04 Å². The van der Waals surface area contributed by atoms with E-state index in [2.05, 4.69) is 16.5 Å². The first kappa shape index (κ1) is 21.9. The van der Waals surface area contributed by atoms with Gasteiger partial charge in [0, 0.05) is 22.7 Å². The average Bonchev–Trinajstić information content (AvgIpc) is 3.57. The zero-order chi connectivity index (χ0) is 23.5. The molecule has 2 aromatic heterocycles. The van der Waals surface area contributed by atoms with E-state index in [0.717, 1.165) is 34.6 Å². The van der Waals surface area contributed by atoms with Crippen LogP contribution in [0.3, 0.4) is 0 Å². The number of hydrogen-bond donors (Lipinski definition) is 1. The number of nitrogens with zero attached hydrogens (tertiary/aromatic N) is 3. The van der Waals surface area contributed by atoms with Crippen LogP contribution in [0.1, 0.15) is 29.3 Å². The van der Waals surface area contributed by atoms with Gasteiger partial charge in [-0.1, -0.05) is 41.6 Å². The maximum absolute atomic E-state index is 13.1. The lowest BCUT2D eigenvalue weighted by Gasteiger charge is -2.35. The van der Waals surface area contributed by atoms with Crippen molar-refractivity contribution in [3.8, 4) is 17.1 Å². The number of urea groups is 1. The van der Waals surface area contributed by atoms with Gasteiger partial charge in [-0.25, -0.2) is 4.79 Å². The van der Waals surface area contributed by atoms with Crippen LogP contribution in [0.5, 0.6) is 5.75 Å². The third-order valence-electron chi connectivity index (χ3n) is 5.90. The molecule has 1 aliphatic heterocycles. The number of hydrogen-bond acceptors (Lipinski definition) is 6. The fraction of sp³-hybridized carbons (Fsp3) is 0.192. The SMILES string of the molecule is COc1ccc(-c2noc(C3=C(C)N(CCc4cccs4)C(=O)NC3c3ccccc3)n2)cc1. The first-order valence-corrected chi connectivity index (χ1v) is 11.9. The van der Waals surface area contributed by atoms with Gasteiger partial charge in [0.1, 0.15) is 5.75 Å². The molecule has 1 N–H and O–H groups in total. The van der Waals surface area contributed by atoms with E-state index in [1.54, 1.807) is 23.3 Å². The average molecular weight is 473 g/mol. The number of amides is 2. The first-order chi connectivity index (χ1) is 16.6. The van der Waals surface area contributed by atoms with Crippen LogP contribution in [0.2, 0.25) is 0 Å². The van der Waals surface area contributed by atoms with Gasteiger partial charge in [-0.3, -0.25) is 4.90 Å². The topological polar surface area (TPSA) is 80.5 Å². The predicted octanol–water partition coefficient (Wildman–Crippen LogP) is 5.55. The van der Waals surface area contributed by atoms with Gasteiger partial charge in [0.2, 0.25) is 5.82 Å². The number of benzene rings is 2. The van der Waals surface area contributed by atoms with Crippen LogP contribution in [0.25, 0.3) is 17.0 Å². The Morgan fingerprint density at radius 1 is 1.09 bits per heavy atom. The van der Waals surface area contributed by atoms with Gasteiger partial charge in [0.25, 0.3) is 5.89 Å². The van der Waals surface area contributed by atoms with Crippen LogP contribution < -0.4 is 10.1 Å². The highest BCUT2D eigenvalue weighted by Gasteiger charge is 2.35. The fourth-order valence-corrected chi connectivity index (χ4v) is 4.79. The van der Waals surface area contributed by atoms with Gasteiger partial charge >= 0.3 is 6.03 Å². The van der Waals surface area contributed by atoms with E-state index in [1.807, 2.05) is 73.0 Å². The highest BCUT2D eigenvalue weighted by Crippen LogP contribution is 2.37. The molecule has 172 valence electrons. The smallest absolute Gasteiger partial charge is 0.322 e. The second-order valence-corrected chi connectivity index (χ2v) is 8.96. The number of rotatable bonds is 7. The van der Waals surface area contributed by atoms with Crippen LogP contribution in [-0.2, 0) is 6.42 Å². The molecule has 0 saturated carbocycles. The van der Waals surface area contributed by atoms with Crippen molar-refractivity contribution >= 4 is 22.9 Å². The molecular weight excluding hydrogens is 448 g/mol. The molecule has 8 heteroatoms. The summed E-state index contributed by atoms with van der Waals surface area (Å²) >= 11 is 1.69. The van der Waals surface area contributed by atoms with Gasteiger partial charge in [-0.05, 0) is 54.6 Å². The first-order valence-electron chi connectivity index (χ1n) is 11.0. The second kappa shape index (κ2) is 9.52. The zero-order valence-electron chi connectivity index (χ0n) is 18.9. The Balaban J connectivity index is 1.53. The number of methoxy groups -OCH3 is 1. The summed E-state index contributed by atoms with van der Waals surface area (Å²) in [4.78, 5) is 20.8. The van der Waals surface area contributed by atoms with E-state index in [1.165, 1.54) is 4.88 Å². The van der Waals surface area contributed by atoms with Crippen molar-refractivity contribution in [1.29, 1.82) is 0 Å². The zero-order valence-corrected chi connectivity index (χ0v) is 19.7. The van der Waals surface area contributed by atoms with E-state index in [4.69, 9.17) is 14.2 Å². The Morgan fingerprint density at radius 2 is 1.88 bits per heavy atom. The third-order valence-corrected chi connectivity index (χ3v) is 6.83. The van der Waals surface area contributed by atoms with Crippen LogP contribution in [-0.4, -0.2) is 34.7 Å². The summed E-state index contributed by atoms with van der Waals surface area (Å²) in [6.45, 7) is 2.50. The minimum atomic E-state index is -0.393. The molecule has 0 saturated heterocycles. The van der Waals surface area contributed by atoms with Gasteiger partial charge in [-0.15, -0.1) is 11.3 Å². The number of carbonyl (C=O) groups is 1. The highest BCUT2D eigenvalue weighted by molar-refractivity contribution is 7.09. The van der Waals surface area contributed by atoms with Gasteiger partial charge in [0.15, 0.2) is 0 Å². The largest absolute Gasteiger partial charge is 0.497 e. The molecule has 0 radical (unpaired) electrons. The van der Waals surface area contributed by atoms with Gasteiger partial charge < -0.3 is 14.6 Å². The van der Waals surface area contributed by atoms with E-state index in [9.17, 15) is 4.79 Å². The fourth-order valence-electron chi connectivity index (χ4n) is 4.09. The molecule has 1 aliphatic rings. The number of nitrogens with one attached hydrogen (secondary N) is 1. The van der Waals surface area contributed by atoms with Crippen LogP contribution in [0.15, 0.2) is 82.3 Å². The lowest BCUT2D eigenvalue weighted by molar-refractivity contribution is 0.205. The Morgan fingerprint density at radius 3 is 2.59 bits per heavy atom. The normalized spacial score (nSPS) is 16.0. The van der Waals surface area contributed by atoms with E-state index >= 15 is 0 Å². The minimum Gasteiger partial charge on any atom is -0.497 e. The lowest BCUT2D eigenvalue weighted by atomic mass is 9.94. The maximum Gasteiger partial charge on any atom is 0.322 e. The number of ether oxygens (including phenoxy) is 1. The highest BCUT2D eigenvalue weighted by atomic mass is 32.1. The number of allylic oxidation sites excluding steroid dienone is 1. The quantitative estimate of drug-likeness (QED) is 0.382. The summed E-state index contributed by atoms with van der Waals surface area (Å²) in [6, 6.07) is 20.9. The molecule has 3 heterocycles. The van der Waals surface area contributed by atoms with Crippen molar-refractivity contribution in [2.45, 2.75) is 19.4 Å². The molecule has 2 amide bonds. The van der Waals surface area contributed by atoms with Gasteiger partial charge in [0.05, 0.1) is 18.7 Å². The monoisotopic (exact) mass is 472 g/mol. The summed E-state index contributed by atoms with van der Waals surface area (Å²) < 4.78 is 11.0. The molecule has 7 nitrogen and oxygen atoms in total. The number of thiophene rings is 1. The third kappa shape index (κ3) is 4.32. The van der Waals surface area contributed by atoms with Gasteiger partial charge in [-0.2, -0.15) is 4.98 Å². The molecule has 0 fully saturated rings. The van der Waals surface area contributed by atoms with E-state index in [-0.39, 0.29) is 6.03 Å². The Bertz CT molecular complexity index is 1300. The van der Waals surface area contributed by atoms with Crippen LogP contribution in [0, 0.1) is 0 Å². The Kier molecular flexibility index (Phi) is 6.14. The standard InChI is InChI=1S/C26H24N4O3S/c1-17-22(25-28-24(29-33-25)19-10-12-20(32-2)13-11-19)23(18-7-4-3-5-8-18)27-26(31)30(17)15-14-21-9-6-16-34-21/h3-13,16,23H,14-15H2,1-2H3,(H,27,31). The minimum absolute atomic E-state index is 0.137. The summed E-state index contributed by atoms with van der Waals surface area (Å²) in [6.07, 6.45) is 0.770. The molecule has 0 spiro atoms. The molecule has 4 aromatic rings. The van der Waals surface area contributed by atoms with Crippen molar-refractivity contribution in [2.24, 2.45) is 0 Å². The molecule has 5 rings (SSSR count). The maximum atomic E-state index is 13.1. The van der Waals surface area contributed by atoms with Crippen molar-refractivity contribution in [3.63, 3.8) is 0 Å². The predicted molar refractivity (Wildman–Crippen MR) is 131 cm³/mol. The molecule has 0 aliphatic carbocycles. The Hall–Kier alpha value is -3.91. The second-order valence-electron chi connectivity index (χ2n) is 7.92. The summed E-state index contributed by atoms with van der Waals surface area (Å²) in [5.74, 6) is 1.62. The molecule has 1 atom stereocenters. The van der Waals surface area contributed by atoms with Crippen LogP contribution >= 0.6 is 11.3 Å². The van der Waals surface area contributed by atoms with Crippen molar-refractivity contribution in [2.75, 3.05) is 13.7 Å². The van der Waals surface area contributed by atoms with Crippen molar-refractivity contribution < 1.29 is 14.1 Å². The molecular formula is C26H24N4O3S.